The minimum atomic E-state index is 0.362. The van der Waals surface area contributed by atoms with Crippen molar-refractivity contribution in [1.82, 2.24) is 10.2 Å². The van der Waals surface area contributed by atoms with E-state index < -0.39 is 0 Å². The number of thioether (sulfide) groups is 1. The molecule has 0 radical (unpaired) electrons. The fraction of sp³-hybridized carbons (Fsp3) is 1.00. The molecule has 108 valence electrons. The first-order chi connectivity index (χ1) is 8.39. The average molecular weight is 273 g/mol. The van der Waals surface area contributed by atoms with Crippen LogP contribution >= 0.6 is 11.8 Å². The highest BCUT2D eigenvalue weighted by molar-refractivity contribution is 7.99. The highest BCUT2D eigenvalue weighted by Crippen LogP contribution is 2.26. The van der Waals surface area contributed by atoms with Gasteiger partial charge in [-0.25, -0.2) is 0 Å². The van der Waals surface area contributed by atoms with Crippen molar-refractivity contribution < 1.29 is 0 Å². The van der Waals surface area contributed by atoms with Crippen molar-refractivity contribution in [3.05, 3.63) is 0 Å². The molecule has 0 amide bonds. The molecule has 0 aromatic carbocycles. The van der Waals surface area contributed by atoms with Crippen LogP contribution in [0.5, 0.6) is 0 Å². The van der Waals surface area contributed by atoms with Crippen LogP contribution in [-0.2, 0) is 0 Å². The number of hydrogen-bond donors (Lipinski definition) is 1. The second-order valence-electron chi connectivity index (χ2n) is 6.60. The summed E-state index contributed by atoms with van der Waals surface area (Å²) in [5.41, 5.74) is 0. The Morgan fingerprint density at radius 1 is 1.39 bits per heavy atom. The van der Waals surface area contributed by atoms with Gasteiger partial charge >= 0.3 is 0 Å². The second-order valence-corrected chi connectivity index (χ2v) is 8.11. The maximum Gasteiger partial charge on any atom is 0.0244 e. The van der Waals surface area contributed by atoms with Crippen LogP contribution < -0.4 is 5.32 Å². The van der Waals surface area contributed by atoms with Gasteiger partial charge in [0.05, 0.1) is 0 Å². The van der Waals surface area contributed by atoms with E-state index in [1.807, 2.05) is 11.8 Å². The van der Waals surface area contributed by atoms with Gasteiger partial charge in [0, 0.05) is 36.5 Å². The predicted octanol–water partition coefficient (Wildman–Crippen LogP) is 3.23. The second kappa shape index (κ2) is 7.16. The van der Waals surface area contributed by atoms with Gasteiger partial charge in [0.2, 0.25) is 0 Å². The van der Waals surface area contributed by atoms with Gasteiger partial charge < -0.3 is 5.32 Å². The van der Waals surface area contributed by atoms with Gasteiger partial charge in [-0.15, -0.1) is 0 Å². The van der Waals surface area contributed by atoms with Gasteiger partial charge in [-0.3, -0.25) is 4.90 Å². The zero-order valence-electron chi connectivity index (χ0n) is 13.1. The molecule has 0 aromatic heterocycles. The minimum Gasteiger partial charge on any atom is -0.311 e. The number of hydrogen-bond acceptors (Lipinski definition) is 3. The Morgan fingerprint density at radius 2 is 2.06 bits per heavy atom. The SMILES string of the molecule is CCCC1CN(CC(C)(C)SC)C(C(C)C)CN1. The molecule has 0 aromatic rings. The summed E-state index contributed by atoms with van der Waals surface area (Å²) < 4.78 is 0.362. The summed E-state index contributed by atoms with van der Waals surface area (Å²) in [6.07, 6.45) is 4.82. The smallest absolute Gasteiger partial charge is 0.0244 e. The largest absolute Gasteiger partial charge is 0.311 e. The normalized spacial score (nSPS) is 26.8. The van der Waals surface area contributed by atoms with Gasteiger partial charge in [0.1, 0.15) is 0 Å². The number of rotatable bonds is 6. The van der Waals surface area contributed by atoms with Gasteiger partial charge in [0.25, 0.3) is 0 Å². The predicted molar refractivity (Wildman–Crippen MR) is 84.5 cm³/mol. The molecule has 1 N–H and O–H groups in total. The van der Waals surface area contributed by atoms with Crippen LogP contribution in [0.1, 0.15) is 47.5 Å². The van der Waals surface area contributed by atoms with Gasteiger partial charge in [-0.1, -0.05) is 27.2 Å². The highest BCUT2D eigenvalue weighted by atomic mass is 32.2. The quantitative estimate of drug-likeness (QED) is 0.799. The first-order valence-electron chi connectivity index (χ1n) is 7.42. The Labute approximate surface area is 118 Å². The van der Waals surface area contributed by atoms with E-state index in [2.05, 4.69) is 51.1 Å². The molecule has 2 atom stereocenters. The summed E-state index contributed by atoms with van der Waals surface area (Å²) in [6, 6.07) is 1.40. The molecule has 0 bridgehead atoms. The topological polar surface area (TPSA) is 15.3 Å². The van der Waals surface area contributed by atoms with Crippen LogP contribution in [0.4, 0.5) is 0 Å². The molecule has 1 rings (SSSR count). The number of nitrogens with zero attached hydrogens (tertiary/aromatic N) is 1. The summed E-state index contributed by atoms with van der Waals surface area (Å²) in [6.45, 7) is 15.3. The molecular formula is C15H32N2S. The summed E-state index contributed by atoms with van der Waals surface area (Å²) in [5, 5.41) is 3.74. The van der Waals surface area contributed by atoms with Crippen molar-refractivity contribution in [1.29, 1.82) is 0 Å². The lowest BCUT2D eigenvalue weighted by Crippen LogP contribution is -2.60. The van der Waals surface area contributed by atoms with Crippen molar-refractivity contribution >= 4 is 11.8 Å². The minimum absolute atomic E-state index is 0.362. The van der Waals surface area contributed by atoms with Gasteiger partial charge in [0.15, 0.2) is 0 Å². The average Bonchev–Trinajstić information content (AvgIpc) is 2.29. The molecule has 3 heteroatoms. The monoisotopic (exact) mass is 272 g/mol. The van der Waals surface area contributed by atoms with Crippen molar-refractivity contribution in [2.75, 3.05) is 25.9 Å². The molecule has 0 saturated carbocycles. The maximum atomic E-state index is 3.74. The Hall–Kier alpha value is 0.270. The van der Waals surface area contributed by atoms with Crippen molar-refractivity contribution in [3.63, 3.8) is 0 Å². The molecule has 0 aliphatic carbocycles. The zero-order chi connectivity index (χ0) is 13.8. The van der Waals surface area contributed by atoms with E-state index in [0.717, 1.165) is 12.5 Å². The van der Waals surface area contributed by atoms with Gasteiger partial charge in [-0.2, -0.15) is 11.8 Å². The Balaban J connectivity index is 2.66. The van der Waals surface area contributed by atoms with E-state index >= 15 is 0 Å². The van der Waals surface area contributed by atoms with E-state index in [9.17, 15) is 0 Å². The van der Waals surface area contributed by atoms with Crippen LogP contribution in [-0.4, -0.2) is 47.6 Å². The lowest BCUT2D eigenvalue weighted by molar-refractivity contribution is 0.0888. The third-order valence-electron chi connectivity index (χ3n) is 4.08. The van der Waals surface area contributed by atoms with Gasteiger partial charge in [-0.05, 0) is 32.4 Å². The van der Waals surface area contributed by atoms with Crippen molar-refractivity contribution in [2.45, 2.75) is 64.3 Å². The lowest BCUT2D eigenvalue weighted by atomic mass is 9.96. The van der Waals surface area contributed by atoms with E-state index in [-0.39, 0.29) is 0 Å². The molecular weight excluding hydrogens is 240 g/mol. The van der Waals surface area contributed by atoms with Crippen LogP contribution in [0.25, 0.3) is 0 Å². The molecule has 0 spiro atoms. The molecule has 1 aliphatic rings. The molecule has 1 aliphatic heterocycles. The van der Waals surface area contributed by atoms with Crippen LogP contribution in [0.2, 0.25) is 0 Å². The summed E-state index contributed by atoms with van der Waals surface area (Å²) in [7, 11) is 0. The first kappa shape index (κ1) is 16.3. The van der Waals surface area contributed by atoms with E-state index in [1.54, 1.807) is 0 Å². The number of piperazine rings is 1. The van der Waals surface area contributed by atoms with E-state index in [4.69, 9.17) is 0 Å². The molecule has 1 saturated heterocycles. The fourth-order valence-corrected chi connectivity index (χ4v) is 3.13. The molecule has 18 heavy (non-hydrogen) atoms. The maximum absolute atomic E-state index is 3.74. The molecule has 1 fully saturated rings. The van der Waals surface area contributed by atoms with Crippen LogP contribution in [0, 0.1) is 5.92 Å². The molecule has 2 unspecified atom stereocenters. The van der Waals surface area contributed by atoms with Crippen LogP contribution in [0.3, 0.4) is 0 Å². The van der Waals surface area contributed by atoms with Crippen molar-refractivity contribution in [2.24, 2.45) is 5.92 Å². The van der Waals surface area contributed by atoms with Crippen molar-refractivity contribution in [3.8, 4) is 0 Å². The molecule has 2 nitrogen and oxygen atoms in total. The third-order valence-corrected chi connectivity index (χ3v) is 5.32. The fourth-order valence-electron chi connectivity index (χ4n) is 2.83. The van der Waals surface area contributed by atoms with E-state index in [1.165, 1.54) is 25.9 Å². The first-order valence-corrected chi connectivity index (χ1v) is 8.64. The zero-order valence-corrected chi connectivity index (χ0v) is 13.9. The standard InChI is InChI=1S/C15H32N2S/c1-7-8-13-10-17(11-15(4,5)18-6)14(9-16-13)12(2)3/h12-14,16H,7-11H2,1-6H3. The Morgan fingerprint density at radius 3 is 2.56 bits per heavy atom. The van der Waals surface area contributed by atoms with E-state index in [0.29, 0.717) is 16.8 Å². The Kier molecular flexibility index (Phi) is 6.49. The Bertz CT molecular complexity index is 241. The third kappa shape index (κ3) is 4.75. The van der Waals surface area contributed by atoms with Crippen LogP contribution in [0.15, 0.2) is 0 Å². The molecule has 1 heterocycles. The lowest BCUT2D eigenvalue weighted by Gasteiger charge is -2.45. The summed E-state index contributed by atoms with van der Waals surface area (Å²) in [4.78, 5) is 2.73. The summed E-state index contributed by atoms with van der Waals surface area (Å²) >= 11 is 1.99. The highest BCUT2D eigenvalue weighted by Gasteiger charge is 2.32. The number of nitrogens with one attached hydrogen (secondary N) is 1. The summed E-state index contributed by atoms with van der Waals surface area (Å²) in [5.74, 6) is 0.734.